The molecule has 0 N–H and O–H groups in total. The van der Waals surface area contributed by atoms with Crippen LogP contribution in [0, 0.1) is 13.8 Å². The first-order chi connectivity index (χ1) is 37.0. The van der Waals surface area contributed by atoms with E-state index >= 15 is 0 Å². The van der Waals surface area contributed by atoms with Gasteiger partial charge in [-0.3, -0.25) is 0 Å². The zero-order chi connectivity index (χ0) is 58.6. The van der Waals surface area contributed by atoms with E-state index in [1.807, 2.05) is 41.7 Å². The molecule has 8 rings (SSSR count). The molecule has 0 unspecified atom stereocenters. The first-order valence-electron chi connectivity index (χ1n) is 28.6. The smallest absolute Gasteiger partial charge is 0.119 e. The first kappa shape index (κ1) is 70.3. The van der Waals surface area contributed by atoms with E-state index < -0.39 is 0 Å². The van der Waals surface area contributed by atoms with Gasteiger partial charge in [-0.15, -0.1) is 11.3 Å². The molecule has 424 valence electrons. The molecule has 0 radical (unpaired) electrons. The maximum Gasteiger partial charge on any atom is 0.119 e. The van der Waals surface area contributed by atoms with Crippen LogP contribution in [0.3, 0.4) is 0 Å². The summed E-state index contributed by atoms with van der Waals surface area (Å²) >= 11 is 3.60. The molecule has 2 aromatic heterocycles. The quantitative estimate of drug-likeness (QED) is 0.129. The largest absolute Gasteiger partial charge is 0.497 e. The summed E-state index contributed by atoms with van der Waals surface area (Å²) in [5.74, 6) is 7.06. The summed E-state index contributed by atoms with van der Waals surface area (Å²) in [5, 5.41) is 6.44. The van der Waals surface area contributed by atoms with E-state index in [0.717, 1.165) is 17.9 Å². The molecular weight excluding hydrogens is 985 g/mol. The Labute approximate surface area is 486 Å². The lowest BCUT2D eigenvalue weighted by molar-refractivity contribution is 0.414. The molecule has 2 heterocycles. The van der Waals surface area contributed by atoms with E-state index in [9.17, 15) is 0 Å². The Kier molecular flexibility index (Phi) is 36.5. The normalized spacial score (nSPS) is 10.3. The Hall–Kier alpha value is -5.68. The predicted octanol–water partition coefficient (Wildman–Crippen LogP) is 23.8. The van der Waals surface area contributed by atoms with Gasteiger partial charge in [-0.05, 0) is 165 Å². The van der Waals surface area contributed by atoms with Gasteiger partial charge in [0, 0.05) is 4.88 Å². The molecule has 6 aromatic carbocycles. The van der Waals surface area contributed by atoms with Crippen molar-refractivity contribution in [1.82, 2.24) is 0 Å². The minimum atomic E-state index is 0.574. The molecule has 0 aliphatic rings. The zero-order valence-corrected chi connectivity index (χ0v) is 54.0. The second-order valence-electron chi connectivity index (χ2n) is 22.2. The van der Waals surface area contributed by atoms with Crippen LogP contribution in [0.5, 0.6) is 11.5 Å². The van der Waals surface area contributed by atoms with E-state index in [1.54, 1.807) is 25.6 Å². The molecular formula is C74H104O2S2. The zero-order valence-electron chi connectivity index (χ0n) is 52.4. The number of ether oxygens (including phenoxy) is 2. The molecule has 0 aliphatic heterocycles. The van der Waals surface area contributed by atoms with E-state index in [4.69, 9.17) is 9.47 Å². The average Bonchev–Trinajstić information content (AvgIpc) is 4.20. The van der Waals surface area contributed by atoms with Crippen molar-refractivity contribution in [2.75, 3.05) is 14.2 Å². The van der Waals surface area contributed by atoms with Crippen molar-refractivity contribution >= 4 is 22.7 Å². The minimum absolute atomic E-state index is 0.574. The molecule has 0 amide bonds. The Morgan fingerprint density at radius 2 is 0.756 bits per heavy atom. The number of hydrogen-bond donors (Lipinski definition) is 0. The van der Waals surface area contributed by atoms with Crippen molar-refractivity contribution in [3.63, 3.8) is 0 Å². The van der Waals surface area contributed by atoms with Gasteiger partial charge in [0.1, 0.15) is 11.5 Å². The van der Waals surface area contributed by atoms with Crippen LogP contribution < -0.4 is 9.47 Å². The summed E-state index contributed by atoms with van der Waals surface area (Å²) in [6.45, 7) is 41.7. The second-order valence-corrected chi connectivity index (χ2v) is 23.9. The molecule has 0 spiro atoms. The number of methoxy groups -OCH3 is 2. The van der Waals surface area contributed by atoms with Crippen molar-refractivity contribution in [2.45, 2.75) is 185 Å². The molecule has 78 heavy (non-hydrogen) atoms. The van der Waals surface area contributed by atoms with Crippen LogP contribution in [0.15, 0.2) is 186 Å². The fourth-order valence-corrected chi connectivity index (χ4v) is 8.74. The molecule has 8 aromatic rings. The highest BCUT2D eigenvalue weighted by molar-refractivity contribution is 7.10. The van der Waals surface area contributed by atoms with Crippen LogP contribution >= 0.6 is 22.7 Å². The molecule has 0 bridgehead atoms. The van der Waals surface area contributed by atoms with E-state index in [-0.39, 0.29) is 0 Å². The standard InChI is InChI=1S/C11H16.2C10H14O.2C10H14.C9H12.2C7H10S/c1-4-10-5-7-11(8-6-10)9(2)3;1-8(2)9-4-6-10(11-3)7-5-9;1-8(2)9-5-4-6-10(7-9)11-3;1-8(2)10-6-4-9(3)5-7-10;1-8(2)10-6-4-5-9(3)7-10;1-8(2)9-6-4-3-5-7-9;1-6(2)7-3-4-8-5-7;1-6(2)7-4-3-5-8-7/h5-9H,4H2,1-3H3;2*4-8H,1-3H3;2*4-8H,1-3H3;3-8H,1-2H3;2*3-6H,1-2H3. The van der Waals surface area contributed by atoms with Crippen molar-refractivity contribution < 1.29 is 9.47 Å². The first-order valence-corrected chi connectivity index (χ1v) is 30.4. The molecule has 0 fully saturated rings. The Bertz CT molecular complexity index is 2530. The van der Waals surface area contributed by atoms with Crippen LogP contribution in [0.2, 0.25) is 0 Å². The Morgan fingerprint density at radius 3 is 1.09 bits per heavy atom. The van der Waals surface area contributed by atoms with Crippen molar-refractivity contribution in [2.24, 2.45) is 0 Å². The lowest BCUT2D eigenvalue weighted by Crippen LogP contribution is -1.88. The summed E-state index contributed by atoms with van der Waals surface area (Å²) in [6.07, 6.45) is 1.14. The second kappa shape index (κ2) is 40.5. The monoisotopic (exact) mass is 1090 g/mol. The lowest BCUT2D eigenvalue weighted by Gasteiger charge is -2.06. The summed E-state index contributed by atoms with van der Waals surface area (Å²) in [4.78, 5) is 1.48. The van der Waals surface area contributed by atoms with E-state index in [2.05, 4.69) is 287 Å². The van der Waals surface area contributed by atoms with Crippen LogP contribution in [-0.2, 0) is 6.42 Å². The van der Waals surface area contributed by atoms with Crippen molar-refractivity contribution in [1.29, 1.82) is 0 Å². The number of rotatable bonds is 11. The number of aryl methyl sites for hydroxylation is 3. The van der Waals surface area contributed by atoms with Gasteiger partial charge in [0.15, 0.2) is 0 Å². The summed E-state index contributed by atoms with van der Waals surface area (Å²) in [5.41, 5.74) is 13.9. The summed E-state index contributed by atoms with van der Waals surface area (Å²) in [7, 11) is 3.38. The van der Waals surface area contributed by atoms with Crippen LogP contribution in [0.1, 0.15) is 226 Å². The molecule has 0 saturated heterocycles. The highest BCUT2D eigenvalue weighted by Gasteiger charge is 2.02. The van der Waals surface area contributed by atoms with Gasteiger partial charge in [-0.25, -0.2) is 0 Å². The minimum Gasteiger partial charge on any atom is -0.497 e. The maximum atomic E-state index is 5.11. The SMILES string of the molecule is CC(C)c1ccccc1.CC(C)c1cccs1.CC(C)c1ccsc1.CCc1ccc(C(C)C)cc1.COc1ccc(C(C)C)cc1.COc1cccc(C(C)C)c1.Cc1ccc(C(C)C)cc1.Cc1cccc(C(C)C)c1. The van der Waals surface area contributed by atoms with Gasteiger partial charge in [0.05, 0.1) is 14.2 Å². The number of hydrogen-bond acceptors (Lipinski definition) is 4. The fourth-order valence-electron chi connectivity index (χ4n) is 7.17. The Morgan fingerprint density at radius 1 is 0.333 bits per heavy atom. The van der Waals surface area contributed by atoms with Gasteiger partial charge in [-0.2, -0.15) is 11.3 Å². The third-order valence-electron chi connectivity index (χ3n) is 12.8. The third kappa shape index (κ3) is 31.0. The maximum absolute atomic E-state index is 5.11. The highest BCUT2D eigenvalue weighted by atomic mass is 32.1. The van der Waals surface area contributed by atoms with E-state index in [1.165, 1.54) is 60.5 Å². The predicted molar refractivity (Wildman–Crippen MR) is 352 cm³/mol. The highest BCUT2D eigenvalue weighted by Crippen LogP contribution is 2.22. The van der Waals surface area contributed by atoms with Gasteiger partial charge < -0.3 is 9.47 Å². The molecule has 4 heteroatoms. The van der Waals surface area contributed by atoms with Crippen LogP contribution in [0.4, 0.5) is 0 Å². The number of benzene rings is 6. The van der Waals surface area contributed by atoms with Crippen molar-refractivity contribution in [3.05, 3.63) is 247 Å². The topological polar surface area (TPSA) is 18.5 Å². The Balaban J connectivity index is 0.000000447. The van der Waals surface area contributed by atoms with Crippen LogP contribution in [-0.4, -0.2) is 14.2 Å². The molecule has 2 nitrogen and oxygen atoms in total. The lowest BCUT2D eigenvalue weighted by atomic mass is 10.0. The van der Waals surface area contributed by atoms with Gasteiger partial charge >= 0.3 is 0 Å². The molecule has 0 atom stereocenters. The summed E-state index contributed by atoms with van der Waals surface area (Å²) < 4.78 is 10.2. The molecule has 0 saturated carbocycles. The fraction of sp³-hybridized carbons (Fsp3) is 0.405. The van der Waals surface area contributed by atoms with Gasteiger partial charge in [0.25, 0.3) is 0 Å². The van der Waals surface area contributed by atoms with Crippen LogP contribution in [0.25, 0.3) is 0 Å². The third-order valence-corrected chi connectivity index (χ3v) is 14.7. The van der Waals surface area contributed by atoms with Gasteiger partial charge in [-0.1, -0.05) is 262 Å². The summed E-state index contributed by atoms with van der Waals surface area (Å²) in [6, 6.07) is 59.6. The number of thiophene rings is 2. The van der Waals surface area contributed by atoms with Gasteiger partial charge in [0.2, 0.25) is 0 Å². The average molecular weight is 1090 g/mol. The molecule has 0 aliphatic carbocycles. The van der Waals surface area contributed by atoms with Crippen molar-refractivity contribution in [3.8, 4) is 11.5 Å². The van der Waals surface area contributed by atoms with E-state index in [0.29, 0.717) is 47.3 Å².